The number of cyclic esters (lactones) is 1. The highest BCUT2D eigenvalue weighted by atomic mass is 16.6. The Labute approximate surface area is 233 Å². The molecule has 0 N–H and O–H groups in total. The minimum absolute atomic E-state index is 0.0593. The van der Waals surface area contributed by atoms with E-state index in [1.807, 2.05) is 37.3 Å². The summed E-state index contributed by atoms with van der Waals surface area (Å²) in [6.45, 7) is 15.9. The first-order valence-electron chi connectivity index (χ1n) is 13.8. The van der Waals surface area contributed by atoms with E-state index >= 15 is 0 Å². The summed E-state index contributed by atoms with van der Waals surface area (Å²) in [5, 5.41) is 0. The Bertz CT molecular complexity index is 909. The highest BCUT2D eigenvalue weighted by molar-refractivity contribution is 5.94. The van der Waals surface area contributed by atoms with Crippen molar-refractivity contribution in [3.8, 4) is 0 Å². The van der Waals surface area contributed by atoms with Crippen molar-refractivity contribution in [2.45, 2.75) is 117 Å². The van der Waals surface area contributed by atoms with Gasteiger partial charge in [0.1, 0.15) is 17.3 Å². The highest BCUT2D eigenvalue weighted by Crippen LogP contribution is 2.26. The van der Waals surface area contributed by atoms with Crippen LogP contribution in [0.1, 0.15) is 80.7 Å². The molecular formula is C30H47NO8. The maximum absolute atomic E-state index is 13.5. The molecule has 1 heterocycles. The zero-order valence-electron chi connectivity index (χ0n) is 25.0. The molecule has 1 fully saturated rings. The first kappa shape index (κ1) is 32.6. The molecule has 0 radical (unpaired) electrons. The molecule has 5 unspecified atom stereocenters. The van der Waals surface area contributed by atoms with E-state index in [-0.39, 0.29) is 25.2 Å². The summed E-state index contributed by atoms with van der Waals surface area (Å²) in [4.78, 5) is 40.6. The number of esters is 1. The molecule has 0 aliphatic carbocycles. The smallest absolute Gasteiger partial charge is 0.420 e. The van der Waals surface area contributed by atoms with Crippen LogP contribution in [0.5, 0.6) is 0 Å². The first-order valence-corrected chi connectivity index (χ1v) is 13.8. The van der Waals surface area contributed by atoms with E-state index in [1.165, 1.54) is 0 Å². The van der Waals surface area contributed by atoms with E-state index in [0.29, 0.717) is 11.3 Å². The van der Waals surface area contributed by atoms with Crippen LogP contribution in [0.2, 0.25) is 0 Å². The van der Waals surface area contributed by atoms with Crippen LogP contribution in [0.4, 0.5) is 9.59 Å². The SMILES string of the molecule is CCCC(C)OC1C(Cc2ccccc2)COCC(N(C(=O)OC(C)(C)C)C(=O)OC(C)(C)C)C(=O)OC1C. The number of carbonyl (C=O) groups is 3. The highest BCUT2D eigenvalue weighted by Gasteiger charge is 2.44. The van der Waals surface area contributed by atoms with Crippen molar-refractivity contribution in [1.29, 1.82) is 0 Å². The van der Waals surface area contributed by atoms with E-state index in [0.717, 1.165) is 18.4 Å². The number of amides is 2. The molecule has 1 aromatic rings. The van der Waals surface area contributed by atoms with Crippen molar-refractivity contribution < 1.29 is 38.1 Å². The van der Waals surface area contributed by atoms with E-state index in [4.69, 9.17) is 23.7 Å². The average molecular weight is 550 g/mol. The first-order chi connectivity index (χ1) is 18.1. The molecule has 39 heavy (non-hydrogen) atoms. The Hall–Kier alpha value is -2.65. The third-order valence-electron chi connectivity index (χ3n) is 6.03. The summed E-state index contributed by atoms with van der Waals surface area (Å²) in [7, 11) is 0. The molecule has 1 aliphatic rings. The van der Waals surface area contributed by atoms with Crippen LogP contribution in [0.25, 0.3) is 0 Å². The number of imide groups is 1. The average Bonchev–Trinajstić information content (AvgIpc) is 2.83. The van der Waals surface area contributed by atoms with E-state index < -0.39 is 47.6 Å². The second-order valence-corrected chi connectivity index (χ2v) is 12.2. The summed E-state index contributed by atoms with van der Waals surface area (Å²) >= 11 is 0. The predicted molar refractivity (Wildman–Crippen MR) is 147 cm³/mol. The second kappa shape index (κ2) is 14.1. The Morgan fingerprint density at radius 3 is 2.08 bits per heavy atom. The summed E-state index contributed by atoms with van der Waals surface area (Å²) in [5.41, 5.74) is -0.729. The number of nitrogens with zero attached hydrogens (tertiary/aromatic N) is 1. The lowest BCUT2D eigenvalue weighted by atomic mass is 9.91. The van der Waals surface area contributed by atoms with Crippen molar-refractivity contribution in [2.24, 2.45) is 5.92 Å². The van der Waals surface area contributed by atoms with Crippen molar-refractivity contribution in [1.82, 2.24) is 4.90 Å². The molecule has 0 saturated carbocycles. The normalized spacial score (nSPS) is 23.5. The molecule has 9 heteroatoms. The second-order valence-electron chi connectivity index (χ2n) is 12.2. The molecule has 1 aliphatic heterocycles. The zero-order valence-corrected chi connectivity index (χ0v) is 25.0. The minimum atomic E-state index is -1.40. The minimum Gasteiger partial charge on any atom is -0.458 e. The van der Waals surface area contributed by atoms with E-state index in [1.54, 1.807) is 48.5 Å². The largest absolute Gasteiger partial charge is 0.458 e. The molecule has 9 nitrogen and oxygen atoms in total. The lowest BCUT2D eigenvalue weighted by Crippen LogP contribution is -2.54. The number of benzene rings is 1. The Kier molecular flexibility index (Phi) is 11.8. The number of rotatable bonds is 7. The Morgan fingerprint density at radius 1 is 1.00 bits per heavy atom. The van der Waals surface area contributed by atoms with Gasteiger partial charge < -0.3 is 23.7 Å². The number of ether oxygens (including phenoxy) is 5. The monoisotopic (exact) mass is 549 g/mol. The quantitative estimate of drug-likeness (QED) is 0.305. The molecule has 0 aromatic heterocycles. The van der Waals surface area contributed by atoms with Crippen molar-refractivity contribution in [3.63, 3.8) is 0 Å². The van der Waals surface area contributed by atoms with E-state index in [2.05, 4.69) is 6.92 Å². The van der Waals surface area contributed by atoms with Gasteiger partial charge in [0.05, 0.1) is 25.4 Å². The van der Waals surface area contributed by atoms with Crippen molar-refractivity contribution in [2.75, 3.05) is 13.2 Å². The fourth-order valence-electron chi connectivity index (χ4n) is 4.39. The third kappa shape index (κ3) is 10.8. The molecule has 1 saturated heterocycles. The predicted octanol–water partition coefficient (Wildman–Crippen LogP) is 5.92. The summed E-state index contributed by atoms with van der Waals surface area (Å²) < 4.78 is 29.3. The molecule has 0 spiro atoms. The van der Waals surface area contributed by atoms with Crippen LogP contribution in [0, 0.1) is 5.92 Å². The van der Waals surface area contributed by atoms with Crippen LogP contribution in [-0.2, 0) is 34.9 Å². The van der Waals surface area contributed by atoms with Crippen LogP contribution >= 0.6 is 0 Å². The van der Waals surface area contributed by atoms with Crippen LogP contribution in [-0.4, -0.2) is 71.8 Å². The molecule has 0 bridgehead atoms. The van der Waals surface area contributed by atoms with Gasteiger partial charge in [-0.15, -0.1) is 0 Å². The molecule has 220 valence electrons. The standard InChI is InChI=1S/C30H47NO8/c1-10-14-20(2)36-25-21(3)37-26(32)24(19-35-18-23(25)17-22-15-12-11-13-16-22)31(27(33)38-29(4,5)6)28(34)39-30(7,8)9/h11-13,15-16,20-21,23-25H,10,14,17-19H2,1-9H3. The molecule has 2 amide bonds. The van der Waals surface area contributed by atoms with Gasteiger partial charge in [-0.05, 0) is 73.8 Å². The molecule has 5 atom stereocenters. The fourth-order valence-corrected chi connectivity index (χ4v) is 4.39. The topological polar surface area (TPSA) is 101 Å². The van der Waals surface area contributed by atoms with Crippen molar-refractivity contribution >= 4 is 18.2 Å². The lowest BCUT2D eigenvalue weighted by molar-refractivity contribution is -0.167. The van der Waals surface area contributed by atoms with Gasteiger partial charge in [-0.3, -0.25) is 0 Å². The molecule has 1 aromatic carbocycles. The van der Waals surface area contributed by atoms with E-state index in [9.17, 15) is 14.4 Å². The summed E-state index contributed by atoms with van der Waals surface area (Å²) in [6, 6.07) is 8.56. The fraction of sp³-hybridized carbons (Fsp3) is 0.700. The zero-order chi connectivity index (χ0) is 29.4. The van der Waals surface area contributed by atoms with Gasteiger partial charge >= 0.3 is 18.2 Å². The number of hydrogen-bond donors (Lipinski definition) is 0. The van der Waals surface area contributed by atoms with Crippen molar-refractivity contribution in [3.05, 3.63) is 35.9 Å². The molecule has 2 rings (SSSR count). The number of carbonyl (C=O) groups excluding carboxylic acids is 3. The van der Waals surface area contributed by atoms with Gasteiger partial charge in [0.2, 0.25) is 0 Å². The Balaban J connectivity index is 2.41. The van der Waals surface area contributed by atoms with Crippen LogP contribution in [0.3, 0.4) is 0 Å². The molecular weight excluding hydrogens is 502 g/mol. The maximum Gasteiger partial charge on any atom is 0.420 e. The lowest BCUT2D eigenvalue weighted by Gasteiger charge is -2.33. The van der Waals surface area contributed by atoms with Gasteiger partial charge in [0.25, 0.3) is 0 Å². The Morgan fingerprint density at radius 2 is 1.56 bits per heavy atom. The van der Waals surface area contributed by atoms with Gasteiger partial charge in [0.15, 0.2) is 6.04 Å². The number of hydrogen-bond acceptors (Lipinski definition) is 8. The summed E-state index contributed by atoms with van der Waals surface area (Å²) in [6.07, 6.45) is -0.789. The summed E-state index contributed by atoms with van der Waals surface area (Å²) in [5.74, 6) is -0.943. The van der Waals surface area contributed by atoms with Gasteiger partial charge in [0, 0.05) is 5.92 Å². The third-order valence-corrected chi connectivity index (χ3v) is 6.03. The van der Waals surface area contributed by atoms with Gasteiger partial charge in [-0.25, -0.2) is 14.4 Å². The van der Waals surface area contributed by atoms with Gasteiger partial charge in [-0.2, -0.15) is 4.90 Å². The van der Waals surface area contributed by atoms with Gasteiger partial charge in [-0.1, -0.05) is 43.7 Å². The van der Waals surface area contributed by atoms with Crippen LogP contribution < -0.4 is 0 Å². The van der Waals surface area contributed by atoms with Crippen LogP contribution in [0.15, 0.2) is 30.3 Å². The maximum atomic E-state index is 13.5.